The molecule has 20 heavy (non-hydrogen) atoms. The third-order valence-electron chi connectivity index (χ3n) is 2.92. The Hall–Kier alpha value is -1.15. The van der Waals surface area contributed by atoms with Gasteiger partial charge in [-0.25, -0.2) is 8.42 Å². The predicted molar refractivity (Wildman–Crippen MR) is 73.9 cm³/mol. The molecule has 0 saturated carbocycles. The van der Waals surface area contributed by atoms with E-state index >= 15 is 0 Å². The molecule has 0 spiro atoms. The average molecular weight is 306 g/mol. The molecule has 1 heterocycles. The van der Waals surface area contributed by atoms with Gasteiger partial charge in [0.25, 0.3) is 0 Å². The second-order valence-corrected chi connectivity index (χ2v) is 6.98. The number of esters is 1. The van der Waals surface area contributed by atoms with Crippen LogP contribution in [0.4, 0.5) is 0 Å². The third-order valence-corrected chi connectivity index (χ3v) is 4.69. The average Bonchev–Trinajstić information content (AvgIpc) is 2.68. The number of carbonyl (C=O) groups excluding carboxylic acids is 2. The van der Waals surface area contributed by atoms with E-state index in [1.54, 1.807) is 6.92 Å². The Morgan fingerprint density at radius 3 is 2.70 bits per heavy atom. The summed E-state index contributed by atoms with van der Waals surface area (Å²) in [5.74, 6) is -0.287. The van der Waals surface area contributed by atoms with Crippen LogP contribution in [0.5, 0.6) is 0 Å². The zero-order valence-corrected chi connectivity index (χ0v) is 12.5. The summed E-state index contributed by atoms with van der Waals surface area (Å²) < 4.78 is 27.2. The van der Waals surface area contributed by atoms with Crippen molar-refractivity contribution in [2.75, 3.05) is 31.2 Å². The lowest BCUT2D eigenvalue weighted by Gasteiger charge is -2.11. The largest absolute Gasteiger partial charge is 0.466 e. The van der Waals surface area contributed by atoms with Gasteiger partial charge in [0.05, 0.1) is 24.7 Å². The molecule has 0 bridgehead atoms. The maximum atomic E-state index is 11.5. The van der Waals surface area contributed by atoms with Gasteiger partial charge in [0.1, 0.15) is 0 Å². The van der Waals surface area contributed by atoms with Crippen molar-refractivity contribution < 1.29 is 22.7 Å². The Bertz CT molecular complexity index is 435. The first-order valence-corrected chi connectivity index (χ1v) is 8.61. The fourth-order valence-corrected chi connectivity index (χ4v) is 3.65. The maximum absolute atomic E-state index is 11.5. The molecular formula is C12H22N2O5S. The summed E-state index contributed by atoms with van der Waals surface area (Å²) in [6.07, 6.45) is 1.41. The molecule has 0 aromatic rings. The minimum Gasteiger partial charge on any atom is -0.466 e. The number of hydrogen-bond acceptors (Lipinski definition) is 6. The van der Waals surface area contributed by atoms with Crippen molar-refractivity contribution in [3.05, 3.63) is 0 Å². The van der Waals surface area contributed by atoms with Crippen LogP contribution in [-0.2, 0) is 24.2 Å². The standard InChI is InChI=1S/C12H22N2O5S/c1-2-19-12(16)4-3-6-13-8-11(15)14-10-5-7-20(17,18)9-10/h10,13H,2-9H2,1H3,(H,14,15). The summed E-state index contributed by atoms with van der Waals surface area (Å²) >= 11 is 0. The molecule has 0 aromatic heterocycles. The van der Waals surface area contributed by atoms with Gasteiger partial charge in [-0.05, 0) is 26.3 Å². The van der Waals surface area contributed by atoms with Gasteiger partial charge in [-0.15, -0.1) is 0 Å². The molecule has 0 aliphatic carbocycles. The van der Waals surface area contributed by atoms with E-state index in [1.807, 2.05) is 0 Å². The quantitative estimate of drug-likeness (QED) is 0.451. The van der Waals surface area contributed by atoms with Gasteiger partial charge in [0.15, 0.2) is 9.84 Å². The van der Waals surface area contributed by atoms with Gasteiger partial charge in [0, 0.05) is 12.5 Å². The summed E-state index contributed by atoms with van der Waals surface area (Å²) in [6, 6.07) is -0.270. The molecule has 1 saturated heterocycles. The molecule has 1 aliphatic rings. The van der Waals surface area contributed by atoms with Crippen LogP contribution in [0.15, 0.2) is 0 Å². The number of nitrogens with one attached hydrogen (secondary N) is 2. The molecule has 1 fully saturated rings. The zero-order chi connectivity index (χ0) is 15.0. The second-order valence-electron chi connectivity index (χ2n) is 4.75. The monoisotopic (exact) mass is 306 g/mol. The molecule has 0 aromatic carbocycles. The van der Waals surface area contributed by atoms with Gasteiger partial charge in [-0.1, -0.05) is 0 Å². The molecule has 1 unspecified atom stereocenters. The summed E-state index contributed by atoms with van der Waals surface area (Å²) in [4.78, 5) is 22.6. The number of ether oxygens (including phenoxy) is 1. The number of carbonyl (C=O) groups is 2. The van der Waals surface area contributed by atoms with Crippen molar-refractivity contribution in [1.82, 2.24) is 10.6 Å². The lowest BCUT2D eigenvalue weighted by molar-refractivity contribution is -0.143. The van der Waals surface area contributed by atoms with Gasteiger partial charge < -0.3 is 15.4 Å². The molecule has 1 amide bonds. The van der Waals surface area contributed by atoms with E-state index in [0.29, 0.717) is 32.4 Å². The van der Waals surface area contributed by atoms with E-state index < -0.39 is 9.84 Å². The van der Waals surface area contributed by atoms with Crippen molar-refractivity contribution >= 4 is 21.7 Å². The highest BCUT2D eigenvalue weighted by Gasteiger charge is 2.28. The number of amides is 1. The zero-order valence-electron chi connectivity index (χ0n) is 11.7. The third kappa shape index (κ3) is 6.85. The smallest absolute Gasteiger partial charge is 0.305 e. The van der Waals surface area contributed by atoms with Crippen LogP contribution in [0.1, 0.15) is 26.2 Å². The molecule has 2 N–H and O–H groups in total. The number of sulfone groups is 1. The van der Waals surface area contributed by atoms with E-state index in [4.69, 9.17) is 4.74 Å². The minimum atomic E-state index is -2.97. The fourth-order valence-electron chi connectivity index (χ4n) is 1.98. The molecule has 7 nitrogen and oxygen atoms in total. The van der Waals surface area contributed by atoms with E-state index in [1.165, 1.54) is 0 Å². The number of hydrogen-bond donors (Lipinski definition) is 2. The van der Waals surface area contributed by atoms with Gasteiger partial charge in [-0.3, -0.25) is 9.59 Å². The first kappa shape index (κ1) is 16.9. The van der Waals surface area contributed by atoms with Crippen molar-refractivity contribution in [2.45, 2.75) is 32.2 Å². The summed E-state index contributed by atoms with van der Waals surface area (Å²) in [7, 11) is -2.97. The molecule has 0 radical (unpaired) electrons. The Labute approximate surface area is 119 Å². The van der Waals surface area contributed by atoms with E-state index in [2.05, 4.69) is 10.6 Å². The lowest BCUT2D eigenvalue weighted by atomic mass is 10.2. The van der Waals surface area contributed by atoms with Crippen molar-refractivity contribution in [3.8, 4) is 0 Å². The Kier molecular flexibility index (Phi) is 6.94. The molecular weight excluding hydrogens is 284 g/mol. The van der Waals surface area contributed by atoms with E-state index in [0.717, 1.165) is 0 Å². The van der Waals surface area contributed by atoms with E-state index in [-0.39, 0.29) is 36.0 Å². The highest BCUT2D eigenvalue weighted by molar-refractivity contribution is 7.91. The van der Waals surface area contributed by atoms with Crippen LogP contribution < -0.4 is 10.6 Å². The van der Waals surface area contributed by atoms with Crippen LogP contribution in [-0.4, -0.2) is 57.5 Å². The number of rotatable bonds is 8. The van der Waals surface area contributed by atoms with Gasteiger partial charge in [-0.2, -0.15) is 0 Å². The molecule has 8 heteroatoms. The molecule has 1 aliphatic heterocycles. The lowest BCUT2D eigenvalue weighted by Crippen LogP contribution is -2.41. The highest BCUT2D eigenvalue weighted by Crippen LogP contribution is 2.10. The summed E-state index contributed by atoms with van der Waals surface area (Å²) in [6.45, 7) is 2.79. The predicted octanol–water partition coefficient (Wildman–Crippen LogP) is -0.777. The topological polar surface area (TPSA) is 102 Å². The maximum Gasteiger partial charge on any atom is 0.305 e. The molecule has 1 atom stereocenters. The fraction of sp³-hybridized carbons (Fsp3) is 0.833. The molecule has 116 valence electrons. The normalized spacial score (nSPS) is 20.6. The highest BCUT2D eigenvalue weighted by atomic mass is 32.2. The van der Waals surface area contributed by atoms with Crippen LogP contribution >= 0.6 is 0 Å². The second kappa shape index (κ2) is 8.21. The Morgan fingerprint density at radius 1 is 1.35 bits per heavy atom. The van der Waals surface area contributed by atoms with Gasteiger partial charge >= 0.3 is 5.97 Å². The SMILES string of the molecule is CCOC(=O)CCCNCC(=O)NC1CCS(=O)(=O)C1. The first-order chi connectivity index (χ1) is 9.43. The Balaban J connectivity index is 2.05. The van der Waals surface area contributed by atoms with Crippen LogP contribution in [0.3, 0.4) is 0 Å². The first-order valence-electron chi connectivity index (χ1n) is 6.79. The Morgan fingerprint density at radius 2 is 2.10 bits per heavy atom. The summed E-state index contributed by atoms with van der Waals surface area (Å²) in [5.41, 5.74) is 0. The van der Waals surface area contributed by atoms with Crippen molar-refractivity contribution in [1.29, 1.82) is 0 Å². The summed E-state index contributed by atoms with van der Waals surface area (Å²) in [5, 5.41) is 5.59. The van der Waals surface area contributed by atoms with Crippen LogP contribution in [0.2, 0.25) is 0 Å². The molecule has 1 rings (SSSR count). The van der Waals surface area contributed by atoms with Crippen LogP contribution in [0, 0.1) is 0 Å². The van der Waals surface area contributed by atoms with Crippen molar-refractivity contribution in [2.24, 2.45) is 0 Å². The van der Waals surface area contributed by atoms with Crippen LogP contribution in [0.25, 0.3) is 0 Å². The van der Waals surface area contributed by atoms with E-state index in [9.17, 15) is 18.0 Å². The minimum absolute atomic E-state index is 0.0294. The van der Waals surface area contributed by atoms with Crippen molar-refractivity contribution in [3.63, 3.8) is 0 Å². The van der Waals surface area contributed by atoms with Gasteiger partial charge in [0.2, 0.25) is 5.91 Å².